The lowest BCUT2D eigenvalue weighted by molar-refractivity contribution is -0.123. The van der Waals surface area contributed by atoms with Gasteiger partial charge in [-0.1, -0.05) is 12.1 Å². The van der Waals surface area contributed by atoms with Crippen LogP contribution in [0.2, 0.25) is 0 Å². The molecule has 21 heavy (non-hydrogen) atoms. The van der Waals surface area contributed by atoms with Crippen molar-refractivity contribution in [1.29, 1.82) is 5.26 Å². The van der Waals surface area contributed by atoms with Crippen molar-refractivity contribution in [3.05, 3.63) is 35.1 Å². The molecule has 0 aromatic heterocycles. The van der Waals surface area contributed by atoms with Crippen molar-refractivity contribution >= 4 is 11.7 Å². The Kier molecular flexibility index (Phi) is 6.00. The highest BCUT2D eigenvalue weighted by Gasteiger charge is 2.28. The van der Waals surface area contributed by atoms with Crippen LogP contribution in [-0.2, 0) is 9.53 Å². The molecule has 0 aliphatic heterocycles. The molecule has 1 amide bonds. The summed E-state index contributed by atoms with van der Waals surface area (Å²) in [4.78, 5) is 24.1. The normalized spacial score (nSPS) is 13.1. The van der Waals surface area contributed by atoms with E-state index in [1.807, 2.05) is 0 Å². The second-order valence-corrected chi connectivity index (χ2v) is 4.76. The van der Waals surface area contributed by atoms with Gasteiger partial charge in [-0.2, -0.15) is 5.26 Å². The predicted octanol–water partition coefficient (Wildman–Crippen LogP) is 1.61. The quantitative estimate of drug-likeness (QED) is 0.638. The first-order valence-corrected chi connectivity index (χ1v) is 6.40. The molecule has 2 unspecified atom stereocenters. The zero-order valence-corrected chi connectivity index (χ0v) is 12.1. The molecule has 112 valence electrons. The lowest BCUT2D eigenvalue weighted by Gasteiger charge is -2.15. The smallest absolute Gasteiger partial charge is 0.245 e. The van der Waals surface area contributed by atoms with Crippen LogP contribution in [0.1, 0.15) is 22.8 Å². The number of amides is 1. The number of hydrogen-bond donors (Lipinski definition) is 1. The molecule has 0 saturated heterocycles. The van der Waals surface area contributed by atoms with Crippen molar-refractivity contribution in [1.82, 2.24) is 5.32 Å². The summed E-state index contributed by atoms with van der Waals surface area (Å²) in [5.41, 5.74) is 0.387. The number of carbonyl (C=O) groups excluding carboxylic acids is 2. The van der Waals surface area contributed by atoms with Gasteiger partial charge in [0.05, 0.1) is 12.7 Å². The standard InChI is InChI=1S/C15H17FN2O3/c1-9-4-5-11(6-13(9)16)14(19)12(7-17)15(20)18-10(2)8-21-3/h4-6,10,12H,8H2,1-3H3,(H,18,20). The Balaban J connectivity index is 2.89. The van der Waals surface area contributed by atoms with E-state index >= 15 is 0 Å². The average Bonchev–Trinajstić information content (AvgIpc) is 2.42. The van der Waals surface area contributed by atoms with Crippen LogP contribution < -0.4 is 5.32 Å². The van der Waals surface area contributed by atoms with E-state index in [2.05, 4.69) is 5.32 Å². The maximum absolute atomic E-state index is 13.5. The van der Waals surface area contributed by atoms with E-state index in [1.165, 1.54) is 19.2 Å². The van der Waals surface area contributed by atoms with E-state index in [0.717, 1.165) is 6.07 Å². The molecule has 5 nitrogen and oxygen atoms in total. The number of halogens is 1. The first-order chi connectivity index (χ1) is 9.90. The number of Topliss-reactive ketones (excluding diaryl/α,β-unsaturated/α-hetero) is 1. The third kappa shape index (κ3) is 4.36. The molecule has 1 aromatic carbocycles. The third-order valence-electron chi connectivity index (χ3n) is 2.92. The summed E-state index contributed by atoms with van der Waals surface area (Å²) >= 11 is 0. The highest BCUT2D eigenvalue weighted by Crippen LogP contribution is 2.14. The minimum Gasteiger partial charge on any atom is -0.383 e. The number of aryl methyl sites for hydroxylation is 1. The number of methoxy groups -OCH3 is 1. The van der Waals surface area contributed by atoms with Crippen LogP contribution in [0.5, 0.6) is 0 Å². The molecule has 1 rings (SSSR count). The Labute approximate surface area is 122 Å². The Bertz CT molecular complexity index is 581. The third-order valence-corrected chi connectivity index (χ3v) is 2.92. The molecule has 0 bridgehead atoms. The van der Waals surface area contributed by atoms with Gasteiger partial charge in [-0.15, -0.1) is 0 Å². The van der Waals surface area contributed by atoms with E-state index in [1.54, 1.807) is 19.9 Å². The van der Waals surface area contributed by atoms with Gasteiger partial charge in [0.25, 0.3) is 0 Å². The van der Waals surface area contributed by atoms with Crippen LogP contribution in [0.15, 0.2) is 18.2 Å². The number of rotatable bonds is 6. The number of nitriles is 1. The number of hydrogen-bond acceptors (Lipinski definition) is 4. The number of nitrogens with zero attached hydrogens (tertiary/aromatic N) is 1. The van der Waals surface area contributed by atoms with Crippen LogP contribution in [0.3, 0.4) is 0 Å². The summed E-state index contributed by atoms with van der Waals surface area (Å²) < 4.78 is 18.3. The molecule has 0 fully saturated rings. The molecule has 0 heterocycles. The van der Waals surface area contributed by atoms with Crippen LogP contribution in [0.25, 0.3) is 0 Å². The fourth-order valence-corrected chi connectivity index (χ4v) is 1.77. The van der Waals surface area contributed by atoms with Crippen molar-refractivity contribution in [2.45, 2.75) is 19.9 Å². The van der Waals surface area contributed by atoms with Crippen molar-refractivity contribution in [3.63, 3.8) is 0 Å². The fraction of sp³-hybridized carbons (Fsp3) is 0.400. The highest BCUT2D eigenvalue weighted by molar-refractivity contribution is 6.12. The van der Waals surface area contributed by atoms with Crippen LogP contribution in [-0.4, -0.2) is 31.4 Å². The minimum absolute atomic E-state index is 0.000746. The summed E-state index contributed by atoms with van der Waals surface area (Å²) in [6, 6.07) is 5.19. The molecule has 1 N–H and O–H groups in total. The van der Waals surface area contributed by atoms with Crippen molar-refractivity contribution in [2.75, 3.05) is 13.7 Å². The maximum Gasteiger partial charge on any atom is 0.245 e. The number of carbonyl (C=O) groups is 2. The Morgan fingerprint density at radius 1 is 1.48 bits per heavy atom. The first kappa shape index (κ1) is 16.8. The Morgan fingerprint density at radius 3 is 2.67 bits per heavy atom. The van der Waals surface area contributed by atoms with Crippen LogP contribution >= 0.6 is 0 Å². The van der Waals surface area contributed by atoms with Gasteiger partial charge in [-0.05, 0) is 25.5 Å². The molecular formula is C15H17FN2O3. The van der Waals surface area contributed by atoms with Crippen LogP contribution in [0.4, 0.5) is 4.39 Å². The number of ketones is 1. The summed E-state index contributed by atoms with van der Waals surface area (Å²) in [6.07, 6.45) is 0. The van der Waals surface area contributed by atoms with Gasteiger partial charge in [-0.3, -0.25) is 9.59 Å². The van der Waals surface area contributed by atoms with Crippen molar-refractivity contribution in [2.24, 2.45) is 5.92 Å². The molecule has 0 spiro atoms. The van der Waals surface area contributed by atoms with E-state index in [-0.39, 0.29) is 18.2 Å². The lowest BCUT2D eigenvalue weighted by Crippen LogP contribution is -2.41. The topological polar surface area (TPSA) is 79.2 Å². The van der Waals surface area contributed by atoms with E-state index in [0.29, 0.717) is 5.56 Å². The predicted molar refractivity (Wildman–Crippen MR) is 74.1 cm³/mol. The summed E-state index contributed by atoms with van der Waals surface area (Å²) in [6.45, 7) is 3.51. The summed E-state index contributed by atoms with van der Waals surface area (Å²) in [5.74, 6) is -3.50. The zero-order valence-electron chi connectivity index (χ0n) is 12.1. The van der Waals surface area contributed by atoms with Crippen molar-refractivity contribution in [3.8, 4) is 6.07 Å². The van der Waals surface area contributed by atoms with Gasteiger partial charge in [-0.25, -0.2) is 4.39 Å². The second-order valence-electron chi connectivity index (χ2n) is 4.76. The largest absolute Gasteiger partial charge is 0.383 e. The summed E-state index contributed by atoms with van der Waals surface area (Å²) in [5, 5.41) is 11.5. The molecule has 0 aliphatic carbocycles. The van der Waals surface area contributed by atoms with E-state index in [9.17, 15) is 14.0 Å². The first-order valence-electron chi connectivity index (χ1n) is 6.40. The molecule has 1 aromatic rings. The average molecular weight is 292 g/mol. The van der Waals surface area contributed by atoms with Crippen LogP contribution in [0, 0.1) is 30.0 Å². The van der Waals surface area contributed by atoms with Gasteiger partial charge in [0.2, 0.25) is 5.91 Å². The molecular weight excluding hydrogens is 275 g/mol. The summed E-state index contributed by atoms with van der Waals surface area (Å²) in [7, 11) is 1.48. The molecule has 2 atom stereocenters. The van der Waals surface area contributed by atoms with Gasteiger partial charge in [0, 0.05) is 18.7 Å². The zero-order chi connectivity index (χ0) is 16.0. The number of ether oxygens (including phenoxy) is 1. The second kappa shape index (κ2) is 7.50. The van der Waals surface area contributed by atoms with E-state index < -0.39 is 23.4 Å². The molecule has 6 heteroatoms. The van der Waals surface area contributed by atoms with Gasteiger partial charge in [0.15, 0.2) is 11.7 Å². The minimum atomic E-state index is -1.51. The Morgan fingerprint density at radius 2 is 2.14 bits per heavy atom. The molecule has 0 saturated carbocycles. The maximum atomic E-state index is 13.5. The Hall–Kier alpha value is -2.26. The lowest BCUT2D eigenvalue weighted by atomic mass is 9.97. The monoisotopic (exact) mass is 292 g/mol. The van der Waals surface area contributed by atoms with Gasteiger partial charge in [0.1, 0.15) is 5.82 Å². The van der Waals surface area contributed by atoms with Gasteiger partial charge >= 0.3 is 0 Å². The SMILES string of the molecule is COCC(C)NC(=O)C(C#N)C(=O)c1ccc(C)c(F)c1. The molecule has 0 aliphatic rings. The number of benzene rings is 1. The van der Waals surface area contributed by atoms with Crippen molar-refractivity contribution < 1.29 is 18.7 Å². The van der Waals surface area contributed by atoms with E-state index in [4.69, 9.17) is 10.00 Å². The number of nitrogens with one attached hydrogen (secondary N) is 1. The molecule has 0 radical (unpaired) electrons. The highest BCUT2D eigenvalue weighted by atomic mass is 19.1. The van der Waals surface area contributed by atoms with Gasteiger partial charge < -0.3 is 10.1 Å². The fourth-order valence-electron chi connectivity index (χ4n) is 1.77.